The Morgan fingerprint density at radius 3 is 2.38 bits per heavy atom. The maximum atomic E-state index is 13.2. The SMILES string of the molecule is COC(=O)c1ccc2c(c1)N(C(C)=O)C(=O)/C2=C(/OC)c1ccc2c(c1)OCO2. The number of nitrogens with zero attached hydrogens (tertiary/aromatic N) is 1. The van der Waals surface area contributed by atoms with E-state index in [1.807, 2.05) is 0 Å². The molecule has 0 fully saturated rings. The Hall–Kier alpha value is -3.81. The van der Waals surface area contributed by atoms with Crippen molar-refractivity contribution in [1.29, 1.82) is 0 Å². The van der Waals surface area contributed by atoms with Gasteiger partial charge in [-0.25, -0.2) is 9.69 Å². The molecular formula is C21H17NO7. The maximum absolute atomic E-state index is 13.2. The summed E-state index contributed by atoms with van der Waals surface area (Å²) in [6, 6.07) is 9.77. The van der Waals surface area contributed by atoms with Crippen molar-refractivity contribution >= 4 is 34.8 Å². The highest BCUT2D eigenvalue weighted by Gasteiger charge is 2.39. The van der Waals surface area contributed by atoms with Gasteiger partial charge in [0.25, 0.3) is 5.91 Å². The van der Waals surface area contributed by atoms with Crippen LogP contribution in [0.1, 0.15) is 28.4 Å². The van der Waals surface area contributed by atoms with Crippen LogP contribution in [0.4, 0.5) is 5.69 Å². The molecule has 2 heterocycles. The zero-order valence-corrected chi connectivity index (χ0v) is 16.0. The highest BCUT2D eigenvalue weighted by Crippen LogP contribution is 2.43. The third kappa shape index (κ3) is 2.89. The fourth-order valence-electron chi connectivity index (χ4n) is 3.44. The van der Waals surface area contributed by atoms with Crippen molar-refractivity contribution in [2.75, 3.05) is 25.9 Å². The van der Waals surface area contributed by atoms with Crippen molar-refractivity contribution < 1.29 is 33.3 Å². The smallest absolute Gasteiger partial charge is 0.337 e. The van der Waals surface area contributed by atoms with Gasteiger partial charge in [-0.3, -0.25) is 9.59 Å². The van der Waals surface area contributed by atoms with Crippen LogP contribution in [0.25, 0.3) is 11.3 Å². The Morgan fingerprint density at radius 2 is 1.69 bits per heavy atom. The molecule has 0 aliphatic carbocycles. The maximum Gasteiger partial charge on any atom is 0.337 e. The van der Waals surface area contributed by atoms with Crippen LogP contribution in [0, 0.1) is 0 Å². The van der Waals surface area contributed by atoms with E-state index in [4.69, 9.17) is 18.9 Å². The van der Waals surface area contributed by atoms with Crippen LogP contribution in [0.3, 0.4) is 0 Å². The molecule has 2 aromatic carbocycles. The van der Waals surface area contributed by atoms with Gasteiger partial charge in [-0.2, -0.15) is 0 Å². The van der Waals surface area contributed by atoms with E-state index in [9.17, 15) is 14.4 Å². The Labute approximate surface area is 166 Å². The normalized spacial score (nSPS) is 15.8. The van der Waals surface area contributed by atoms with E-state index in [0.717, 1.165) is 4.90 Å². The third-order valence-electron chi connectivity index (χ3n) is 4.73. The van der Waals surface area contributed by atoms with Gasteiger partial charge in [0.2, 0.25) is 12.7 Å². The van der Waals surface area contributed by atoms with Gasteiger partial charge >= 0.3 is 5.97 Å². The lowest BCUT2D eigenvalue weighted by molar-refractivity contribution is -0.122. The van der Waals surface area contributed by atoms with Gasteiger partial charge in [0, 0.05) is 18.1 Å². The lowest BCUT2D eigenvalue weighted by atomic mass is 10.0. The largest absolute Gasteiger partial charge is 0.495 e. The number of carbonyl (C=O) groups is 3. The standard InChI is InChI=1S/C21H17NO7/c1-11(23)22-15-8-13(21(25)27-3)4-6-14(15)18(20(22)24)19(26-2)12-5-7-16-17(9-12)29-10-28-16/h4-9H,10H2,1-3H3/b19-18+. The van der Waals surface area contributed by atoms with Crippen molar-refractivity contribution in [2.24, 2.45) is 0 Å². The minimum Gasteiger partial charge on any atom is -0.495 e. The number of esters is 1. The summed E-state index contributed by atoms with van der Waals surface area (Å²) in [5.41, 5.74) is 1.82. The van der Waals surface area contributed by atoms with Crippen molar-refractivity contribution in [3.63, 3.8) is 0 Å². The van der Waals surface area contributed by atoms with Crippen LogP contribution >= 0.6 is 0 Å². The first kappa shape index (κ1) is 18.5. The van der Waals surface area contributed by atoms with Crippen molar-refractivity contribution in [3.05, 3.63) is 53.1 Å². The first-order chi connectivity index (χ1) is 14.0. The first-order valence-corrected chi connectivity index (χ1v) is 8.72. The summed E-state index contributed by atoms with van der Waals surface area (Å²) in [5.74, 6) is -0.167. The van der Waals surface area contributed by atoms with Gasteiger partial charge in [-0.05, 0) is 30.3 Å². The van der Waals surface area contributed by atoms with Crippen molar-refractivity contribution in [3.8, 4) is 11.5 Å². The van der Waals surface area contributed by atoms with E-state index >= 15 is 0 Å². The van der Waals surface area contributed by atoms with Crippen LogP contribution < -0.4 is 14.4 Å². The molecule has 0 atom stereocenters. The number of hydrogen-bond acceptors (Lipinski definition) is 7. The Bertz CT molecular complexity index is 1090. The fraction of sp³-hybridized carbons (Fsp3) is 0.190. The molecular weight excluding hydrogens is 378 g/mol. The van der Waals surface area contributed by atoms with Gasteiger partial charge in [-0.15, -0.1) is 0 Å². The zero-order valence-electron chi connectivity index (χ0n) is 16.0. The Balaban J connectivity index is 1.92. The Kier molecular flexibility index (Phi) is 4.46. The summed E-state index contributed by atoms with van der Waals surface area (Å²) in [4.78, 5) is 38.3. The molecule has 29 heavy (non-hydrogen) atoms. The second-order valence-corrected chi connectivity index (χ2v) is 6.36. The molecule has 0 unspecified atom stereocenters. The van der Waals surface area contributed by atoms with Gasteiger partial charge in [0.1, 0.15) is 5.76 Å². The fourth-order valence-corrected chi connectivity index (χ4v) is 3.44. The van der Waals surface area contributed by atoms with Crippen LogP contribution in [0.5, 0.6) is 11.5 Å². The molecule has 4 rings (SSSR count). The molecule has 148 valence electrons. The molecule has 0 saturated carbocycles. The number of imide groups is 1. The summed E-state index contributed by atoms with van der Waals surface area (Å²) in [5, 5.41) is 0. The van der Waals surface area contributed by atoms with E-state index in [0.29, 0.717) is 28.3 Å². The summed E-state index contributed by atoms with van der Waals surface area (Å²) in [6.45, 7) is 1.40. The highest BCUT2D eigenvalue weighted by atomic mass is 16.7. The lowest BCUT2D eigenvalue weighted by Crippen LogP contribution is -2.31. The van der Waals surface area contributed by atoms with Crippen LogP contribution in [-0.4, -0.2) is 38.8 Å². The molecule has 0 bridgehead atoms. The second-order valence-electron chi connectivity index (χ2n) is 6.36. The van der Waals surface area contributed by atoms with Gasteiger partial charge < -0.3 is 18.9 Å². The summed E-state index contributed by atoms with van der Waals surface area (Å²) in [7, 11) is 2.70. The molecule has 2 aromatic rings. The first-order valence-electron chi connectivity index (χ1n) is 8.72. The highest BCUT2D eigenvalue weighted by molar-refractivity contribution is 6.43. The molecule has 8 nitrogen and oxygen atoms in total. The molecule has 0 aromatic heterocycles. The number of fused-ring (bicyclic) bond motifs is 2. The number of ether oxygens (including phenoxy) is 4. The predicted octanol–water partition coefficient (Wildman–Crippen LogP) is 2.61. The lowest BCUT2D eigenvalue weighted by Gasteiger charge is -2.13. The van der Waals surface area contributed by atoms with Gasteiger partial charge in [0.15, 0.2) is 11.5 Å². The minimum absolute atomic E-state index is 0.119. The number of benzene rings is 2. The molecule has 8 heteroatoms. The number of hydrogen-bond donors (Lipinski definition) is 0. The zero-order chi connectivity index (χ0) is 20.7. The van der Waals surface area contributed by atoms with E-state index in [1.54, 1.807) is 24.3 Å². The number of anilines is 1. The van der Waals surface area contributed by atoms with Crippen LogP contribution in [-0.2, 0) is 19.1 Å². The average Bonchev–Trinajstić information content (AvgIpc) is 3.29. The molecule has 2 aliphatic heterocycles. The van der Waals surface area contributed by atoms with E-state index in [2.05, 4.69) is 0 Å². The summed E-state index contributed by atoms with van der Waals surface area (Å²) in [6.07, 6.45) is 0. The number of carbonyl (C=O) groups excluding carboxylic acids is 3. The molecule has 0 radical (unpaired) electrons. The summed E-state index contributed by atoms with van der Waals surface area (Å²) >= 11 is 0. The number of methoxy groups -OCH3 is 2. The molecule has 0 N–H and O–H groups in total. The predicted molar refractivity (Wildman–Crippen MR) is 102 cm³/mol. The average molecular weight is 395 g/mol. The third-order valence-corrected chi connectivity index (χ3v) is 4.73. The second kappa shape index (κ2) is 6.97. The van der Waals surface area contributed by atoms with Crippen molar-refractivity contribution in [1.82, 2.24) is 0 Å². The van der Waals surface area contributed by atoms with E-state index < -0.39 is 17.8 Å². The molecule has 2 amide bonds. The van der Waals surface area contributed by atoms with Crippen LogP contribution in [0.2, 0.25) is 0 Å². The van der Waals surface area contributed by atoms with E-state index in [-0.39, 0.29) is 23.7 Å². The van der Waals surface area contributed by atoms with Gasteiger partial charge in [-0.1, -0.05) is 6.07 Å². The molecule has 2 aliphatic rings. The van der Waals surface area contributed by atoms with Crippen LogP contribution in [0.15, 0.2) is 36.4 Å². The van der Waals surface area contributed by atoms with Gasteiger partial charge in [0.05, 0.1) is 31.0 Å². The monoisotopic (exact) mass is 395 g/mol. The molecule has 0 saturated heterocycles. The van der Waals surface area contributed by atoms with Crippen molar-refractivity contribution in [2.45, 2.75) is 6.92 Å². The summed E-state index contributed by atoms with van der Waals surface area (Å²) < 4.78 is 21.0. The quantitative estimate of drug-likeness (QED) is 0.448. The Morgan fingerprint density at radius 1 is 0.966 bits per heavy atom. The number of rotatable bonds is 3. The number of amides is 2. The molecule has 0 spiro atoms. The minimum atomic E-state index is -0.566. The van der Waals surface area contributed by atoms with E-state index in [1.165, 1.54) is 33.3 Å². The topological polar surface area (TPSA) is 91.4 Å².